The summed E-state index contributed by atoms with van der Waals surface area (Å²) in [6, 6.07) is 11.4. The van der Waals surface area contributed by atoms with Gasteiger partial charge in [0.25, 0.3) is 5.91 Å². The lowest BCUT2D eigenvalue weighted by Gasteiger charge is -2.12. The summed E-state index contributed by atoms with van der Waals surface area (Å²) in [4.78, 5) is 22.0. The van der Waals surface area contributed by atoms with Gasteiger partial charge >= 0.3 is 0 Å². The van der Waals surface area contributed by atoms with Crippen LogP contribution in [0.1, 0.15) is 41.8 Å². The molecule has 0 bridgehead atoms. The fraction of sp³-hybridized carbons (Fsp3) is 0.304. The van der Waals surface area contributed by atoms with Gasteiger partial charge in [0, 0.05) is 49.1 Å². The first-order valence-corrected chi connectivity index (χ1v) is 11.7. The molecular weight excluding hydrogens is 454 g/mol. The van der Waals surface area contributed by atoms with Crippen molar-refractivity contribution >= 4 is 35.1 Å². The normalized spacial score (nSPS) is 14.4. The van der Waals surface area contributed by atoms with Crippen molar-refractivity contribution in [1.29, 1.82) is 0 Å². The molecular formula is C23H25N7O3S. The van der Waals surface area contributed by atoms with Crippen LogP contribution in [0.5, 0.6) is 0 Å². The zero-order valence-corrected chi connectivity index (χ0v) is 19.6. The van der Waals surface area contributed by atoms with Gasteiger partial charge in [0.2, 0.25) is 5.95 Å². The number of aromatic amines is 1. The Bertz CT molecular complexity index is 1310. The predicted octanol–water partition coefficient (Wildman–Crippen LogP) is 3.54. The van der Waals surface area contributed by atoms with Gasteiger partial charge in [-0.15, -0.1) is 0 Å². The van der Waals surface area contributed by atoms with Crippen LogP contribution in [0.3, 0.4) is 0 Å². The number of nitrogens with zero attached hydrogens (tertiary/aromatic N) is 4. The number of rotatable bonds is 10. The summed E-state index contributed by atoms with van der Waals surface area (Å²) < 4.78 is 12.3. The Balaban J connectivity index is 1.43. The minimum Gasteiger partial charge on any atom is -0.378 e. The monoisotopic (exact) mass is 479 g/mol. The number of carbonyl (C=O) groups is 1. The van der Waals surface area contributed by atoms with Crippen molar-refractivity contribution in [3.63, 3.8) is 0 Å². The number of ether oxygens (including phenoxy) is 2. The number of nitrogens with one attached hydrogen (secondary N) is 2. The first-order valence-electron chi connectivity index (χ1n) is 10.8. The number of hydrogen-bond donors (Lipinski definition) is 3. The minimum absolute atomic E-state index is 0.403. The highest BCUT2D eigenvalue weighted by Gasteiger charge is 2.25. The van der Waals surface area contributed by atoms with Crippen LogP contribution in [0.4, 0.5) is 11.8 Å². The third-order valence-corrected chi connectivity index (χ3v) is 6.45. The molecule has 1 fully saturated rings. The first-order chi connectivity index (χ1) is 16.5. The molecule has 1 aromatic carbocycles. The Labute approximate surface area is 200 Å². The molecule has 0 saturated heterocycles. The van der Waals surface area contributed by atoms with Crippen molar-refractivity contribution < 1.29 is 14.3 Å². The van der Waals surface area contributed by atoms with E-state index in [0.717, 1.165) is 27.0 Å². The van der Waals surface area contributed by atoms with Crippen LogP contribution in [0.15, 0.2) is 52.5 Å². The zero-order chi connectivity index (χ0) is 23.7. The van der Waals surface area contributed by atoms with Gasteiger partial charge in [-0.1, -0.05) is 23.9 Å². The lowest BCUT2D eigenvalue weighted by atomic mass is 10.1. The molecule has 4 aromatic rings. The van der Waals surface area contributed by atoms with E-state index < -0.39 is 12.0 Å². The molecule has 1 atom stereocenters. The maximum atomic E-state index is 11.6. The number of aromatic nitrogens is 5. The molecule has 34 heavy (non-hydrogen) atoms. The summed E-state index contributed by atoms with van der Waals surface area (Å²) in [5.41, 5.74) is 8.80. The van der Waals surface area contributed by atoms with E-state index in [1.807, 2.05) is 47.0 Å². The van der Waals surface area contributed by atoms with Crippen LogP contribution in [-0.2, 0) is 20.9 Å². The van der Waals surface area contributed by atoms with Crippen molar-refractivity contribution in [2.75, 3.05) is 19.5 Å². The molecule has 11 heteroatoms. The lowest BCUT2D eigenvalue weighted by molar-refractivity contribution is -0.128. The van der Waals surface area contributed by atoms with Crippen molar-refractivity contribution in [2.45, 2.75) is 41.4 Å². The molecule has 5 rings (SSSR count). The number of anilines is 2. The van der Waals surface area contributed by atoms with Crippen LogP contribution in [0, 0.1) is 0 Å². The minimum atomic E-state index is -0.775. The van der Waals surface area contributed by atoms with E-state index in [2.05, 4.69) is 20.5 Å². The molecule has 3 heterocycles. The first kappa shape index (κ1) is 22.4. The summed E-state index contributed by atoms with van der Waals surface area (Å²) in [6.07, 6.45) is 3.52. The number of methoxy groups -OCH3 is 2. The average molecular weight is 480 g/mol. The van der Waals surface area contributed by atoms with Crippen molar-refractivity contribution in [1.82, 2.24) is 24.6 Å². The maximum Gasteiger partial charge on any atom is 0.251 e. The van der Waals surface area contributed by atoms with E-state index in [-0.39, 0.29) is 0 Å². The number of amides is 1. The van der Waals surface area contributed by atoms with Gasteiger partial charge in [0.15, 0.2) is 11.9 Å². The summed E-state index contributed by atoms with van der Waals surface area (Å²) in [6.45, 7) is 0.403. The number of carbonyl (C=O) groups excluding carboxylic acids is 1. The number of fused-ring (bicyclic) bond motifs is 1. The van der Waals surface area contributed by atoms with Crippen LogP contribution < -0.4 is 11.1 Å². The molecule has 1 aliphatic carbocycles. The highest BCUT2D eigenvalue weighted by atomic mass is 32.2. The SMILES string of the molecule is COCc1cn2c(Nc3cc(C4CC4)[nH]n3)nc(Sc3ccc(C(OC)C(N)=O)cc3)cc2n1. The van der Waals surface area contributed by atoms with Crippen LogP contribution >= 0.6 is 11.8 Å². The molecule has 0 radical (unpaired) electrons. The van der Waals surface area contributed by atoms with Gasteiger partial charge in [-0.2, -0.15) is 5.10 Å². The molecule has 0 aliphatic heterocycles. The standard InChI is InChI=1S/C23H25N7O3S/c1-32-12-15-11-30-19(25-15)10-20(27-23(30)26-18-9-17(28-29-18)13-3-4-13)34-16-7-5-14(6-8-16)21(33-2)22(24)31/h5-11,13,21H,3-4,12H2,1-2H3,(H2,24,31)(H2,26,27,28,29). The second kappa shape index (κ2) is 9.45. The summed E-state index contributed by atoms with van der Waals surface area (Å²) >= 11 is 1.49. The van der Waals surface area contributed by atoms with Crippen LogP contribution in [-0.4, -0.2) is 44.7 Å². The molecule has 1 aliphatic rings. The van der Waals surface area contributed by atoms with Crippen LogP contribution in [0.2, 0.25) is 0 Å². The summed E-state index contributed by atoms with van der Waals surface area (Å²) in [5.74, 6) is 1.37. The Morgan fingerprint density at radius 2 is 2.06 bits per heavy atom. The van der Waals surface area contributed by atoms with Gasteiger partial charge < -0.3 is 20.5 Å². The van der Waals surface area contributed by atoms with E-state index >= 15 is 0 Å². The molecule has 10 nitrogen and oxygen atoms in total. The van der Waals surface area contributed by atoms with E-state index in [9.17, 15) is 4.79 Å². The smallest absolute Gasteiger partial charge is 0.251 e. The Morgan fingerprint density at radius 1 is 1.26 bits per heavy atom. The number of hydrogen-bond acceptors (Lipinski definition) is 8. The zero-order valence-electron chi connectivity index (χ0n) is 18.8. The number of H-pyrrole nitrogens is 1. The van der Waals surface area contributed by atoms with Gasteiger partial charge in [0.05, 0.1) is 12.3 Å². The summed E-state index contributed by atoms with van der Waals surface area (Å²) in [7, 11) is 3.10. The number of primary amides is 1. The van der Waals surface area contributed by atoms with Crippen molar-refractivity contribution in [3.8, 4) is 0 Å². The highest BCUT2D eigenvalue weighted by Crippen LogP contribution is 2.39. The summed E-state index contributed by atoms with van der Waals surface area (Å²) in [5, 5.41) is 11.6. The quantitative estimate of drug-likeness (QED) is 0.294. The van der Waals surface area contributed by atoms with Crippen molar-refractivity contribution in [2.24, 2.45) is 5.73 Å². The number of nitrogens with two attached hydrogens (primary N) is 1. The third-order valence-electron chi connectivity index (χ3n) is 5.53. The van der Waals surface area contributed by atoms with Gasteiger partial charge in [-0.3, -0.25) is 14.3 Å². The van der Waals surface area contributed by atoms with E-state index in [0.29, 0.717) is 29.9 Å². The number of benzene rings is 1. The van der Waals surface area contributed by atoms with E-state index in [1.54, 1.807) is 7.11 Å². The molecule has 176 valence electrons. The topological polar surface area (TPSA) is 132 Å². The molecule has 1 amide bonds. The fourth-order valence-electron chi connectivity index (χ4n) is 3.74. The van der Waals surface area contributed by atoms with E-state index in [1.165, 1.54) is 31.7 Å². The maximum absolute atomic E-state index is 11.6. The Kier molecular flexibility index (Phi) is 6.22. The third kappa shape index (κ3) is 4.76. The van der Waals surface area contributed by atoms with Gasteiger partial charge in [0.1, 0.15) is 10.7 Å². The lowest BCUT2D eigenvalue weighted by Crippen LogP contribution is -2.22. The Hall–Kier alpha value is -3.41. The molecule has 3 aromatic heterocycles. The van der Waals surface area contributed by atoms with Gasteiger partial charge in [-0.05, 0) is 30.5 Å². The molecule has 4 N–H and O–H groups in total. The predicted molar refractivity (Wildman–Crippen MR) is 127 cm³/mol. The fourth-order valence-corrected chi connectivity index (χ4v) is 4.55. The average Bonchev–Trinajstić information content (AvgIpc) is 3.42. The highest BCUT2D eigenvalue weighted by molar-refractivity contribution is 7.99. The molecule has 1 saturated carbocycles. The molecule has 1 unspecified atom stereocenters. The number of imidazole rings is 1. The largest absolute Gasteiger partial charge is 0.378 e. The second-order valence-electron chi connectivity index (χ2n) is 8.11. The van der Waals surface area contributed by atoms with E-state index in [4.69, 9.17) is 20.2 Å². The Morgan fingerprint density at radius 3 is 2.74 bits per heavy atom. The van der Waals surface area contributed by atoms with Crippen LogP contribution in [0.25, 0.3) is 5.65 Å². The molecule has 0 spiro atoms. The second-order valence-corrected chi connectivity index (χ2v) is 9.20. The van der Waals surface area contributed by atoms with Crippen molar-refractivity contribution in [3.05, 3.63) is 59.5 Å². The van der Waals surface area contributed by atoms with Gasteiger partial charge in [-0.25, -0.2) is 9.97 Å².